The summed E-state index contributed by atoms with van der Waals surface area (Å²) in [7, 11) is 4.10. The van der Waals surface area contributed by atoms with Crippen LogP contribution in [0.25, 0.3) is 5.69 Å². The van der Waals surface area contributed by atoms with Crippen LogP contribution in [0.3, 0.4) is 0 Å². The first kappa shape index (κ1) is 17.7. The lowest BCUT2D eigenvalue weighted by Crippen LogP contribution is -2.14. The van der Waals surface area contributed by atoms with Crippen molar-refractivity contribution in [3.05, 3.63) is 63.6 Å². The van der Waals surface area contributed by atoms with E-state index >= 15 is 0 Å². The topological polar surface area (TPSA) is 58.9 Å². The average Bonchev–Trinajstić information content (AvgIpc) is 3.04. The summed E-state index contributed by atoms with van der Waals surface area (Å²) >= 11 is 12.4. The van der Waals surface area contributed by atoms with E-state index in [1.807, 2.05) is 32.3 Å². The van der Waals surface area contributed by atoms with Crippen molar-refractivity contribution in [2.75, 3.05) is 19.4 Å². The highest BCUT2D eigenvalue weighted by molar-refractivity contribution is 6.43. The molecular formula is C17H18Cl2N6. The molecule has 130 valence electrons. The van der Waals surface area contributed by atoms with Gasteiger partial charge in [0.15, 0.2) is 0 Å². The zero-order valence-electron chi connectivity index (χ0n) is 13.9. The SMILES string of the molecule is CN(C)Cc1ccccc1CNc1nnnn1-c1cccc(Cl)c1Cl. The minimum atomic E-state index is 0.410. The Bertz CT molecular complexity index is 862. The van der Waals surface area contributed by atoms with E-state index in [0.717, 1.165) is 6.54 Å². The number of hydrogen-bond acceptors (Lipinski definition) is 5. The van der Waals surface area contributed by atoms with Gasteiger partial charge in [-0.05, 0) is 47.8 Å². The van der Waals surface area contributed by atoms with Gasteiger partial charge in [-0.15, -0.1) is 0 Å². The first-order valence-electron chi connectivity index (χ1n) is 7.74. The minimum Gasteiger partial charge on any atom is -0.349 e. The molecule has 1 heterocycles. The predicted molar refractivity (Wildman–Crippen MR) is 100 cm³/mol. The van der Waals surface area contributed by atoms with Crippen molar-refractivity contribution in [2.45, 2.75) is 13.1 Å². The molecule has 0 saturated heterocycles. The van der Waals surface area contributed by atoms with Gasteiger partial charge >= 0.3 is 0 Å². The van der Waals surface area contributed by atoms with Gasteiger partial charge in [-0.25, -0.2) is 0 Å². The van der Waals surface area contributed by atoms with Gasteiger partial charge in [0.05, 0.1) is 15.7 Å². The highest BCUT2D eigenvalue weighted by atomic mass is 35.5. The monoisotopic (exact) mass is 376 g/mol. The average molecular weight is 377 g/mol. The third-order valence-corrected chi connectivity index (χ3v) is 4.48. The molecule has 1 N–H and O–H groups in total. The van der Waals surface area contributed by atoms with Gasteiger partial charge in [0, 0.05) is 13.1 Å². The molecule has 0 amide bonds. The molecule has 25 heavy (non-hydrogen) atoms. The number of nitrogens with zero attached hydrogens (tertiary/aromatic N) is 5. The second-order valence-corrected chi connectivity index (χ2v) is 6.63. The number of anilines is 1. The highest BCUT2D eigenvalue weighted by Crippen LogP contribution is 2.29. The van der Waals surface area contributed by atoms with E-state index in [1.54, 1.807) is 16.8 Å². The maximum absolute atomic E-state index is 6.27. The molecule has 2 aromatic carbocycles. The summed E-state index contributed by atoms with van der Waals surface area (Å²) < 4.78 is 1.54. The summed E-state index contributed by atoms with van der Waals surface area (Å²) in [6, 6.07) is 13.6. The summed E-state index contributed by atoms with van der Waals surface area (Å²) in [5.41, 5.74) is 3.06. The number of tetrazole rings is 1. The smallest absolute Gasteiger partial charge is 0.248 e. The zero-order valence-corrected chi connectivity index (χ0v) is 15.5. The first-order valence-corrected chi connectivity index (χ1v) is 8.50. The minimum absolute atomic E-state index is 0.410. The number of aromatic nitrogens is 4. The third-order valence-electron chi connectivity index (χ3n) is 3.67. The molecule has 1 aromatic heterocycles. The van der Waals surface area contributed by atoms with Gasteiger partial charge in [0.1, 0.15) is 0 Å². The van der Waals surface area contributed by atoms with Crippen LogP contribution in [0.2, 0.25) is 10.0 Å². The lowest BCUT2D eigenvalue weighted by molar-refractivity contribution is 0.401. The molecule has 3 rings (SSSR count). The van der Waals surface area contributed by atoms with Crippen LogP contribution in [-0.4, -0.2) is 39.2 Å². The fraction of sp³-hybridized carbons (Fsp3) is 0.235. The van der Waals surface area contributed by atoms with Crippen molar-refractivity contribution in [1.29, 1.82) is 0 Å². The lowest BCUT2D eigenvalue weighted by Gasteiger charge is -2.15. The first-order chi connectivity index (χ1) is 12.1. The lowest BCUT2D eigenvalue weighted by atomic mass is 10.1. The van der Waals surface area contributed by atoms with E-state index in [1.165, 1.54) is 11.1 Å². The van der Waals surface area contributed by atoms with E-state index < -0.39 is 0 Å². The van der Waals surface area contributed by atoms with Crippen LogP contribution in [0.1, 0.15) is 11.1 Å². The van der Waals surface area contributed by atoms with E-state index in [0.29, 0.717) is 28.2 Å². The van der Waals surface area contributed by atoms with Crippen LogP contribution in [-0.2, 0) is 13.1 Å². The number of benzene rings is 2. The molecule has 6 nitrogen and oxygen atoms in total. The van der Waals surface area contributed by atoms with Crippen LogP contribution in [0.4, 0.5) is 5.95 Å². The van der Waals surface area contributed by atoms with E-state index in [4.69, 9.17) is 23.2 Å². The van der Waals surface area contributed by atoms with Crippen molar-refractivity contribution in [2.24, 2.45) is 0 Å². The van der Waals surface area contributed by atoms with E-state index in [-0.39, 0.29) is 0 Å². The normalized spacial score (nSPS) is 11.1. The molecule has 0 aliphatic carbocycles. The molecule has 0 aliphatic rings. The van der Waals surface area contributed by atoms with Crippen LogP contribution in [0.5, 0.6) is 0 Å². The van der Waals surface area contributed by atoms with Crippen molar-refractivity contribution in [3.8, 4) is 5.69 Å². The van der Waals surface area contributed by atoms with Crippen molar-refractivity contribution < 1.29 is 0 Å². The van der Waals surface area contributed by atoms with Gasteiger partial charge in [0.25, 0.3) is 0 Å². The second kappa shape index (κ2) is 7.82. The van der Waals surface area contributed by atoms with E-state index in [2.05, 4.69) is 37.9 Å². The zero-order chi connectivity index (χ0) is 17.8. The van der Waals surface area contributed by atoms with Gasteiger partial charge in [-0.2, -0.15) is 4.68 Å². The maximum Gasteiger partial charge on any atom is 0.248 e. The van der Waals surface area contributed by atoms with Crippen molar-refractivity contribution >= 4 is 29.2 Å². The summed E-state index contributed by atoms with van der Waals surface area (Å²) in [6.07, 6.45) is 0. The summed E-state index contributed by atoms with van der Waals surface area (Å²) in [5, 5.41) is 15.9. The molecule has 0 spiro atoms. The maximum atomic E-state index is 6.27. The Morgan fingerprint density at radius 1 is 1.04 bits per heavy atom. The van der Waals surface area contributed by atoms with Crippen LogP contribution in [0.15, 0.2) is 42.5 Å². The van der Waals surface area contributed by atoms with Gasteiger partial charge in [0.2, 0.25) is 5.95 Å². The van der Waals surface area contributed by atoms with Gasteiger partial charge < -0.3 is 10.2 Å². The van der Waals surface area contributed by atoms with Crippen LogP contribution < -0.4 is 5.32 Å². The Morgan fingerprint density at radius 2 is 1.80 bits per heavy atom. The molecule has 0 aliphatic heterocycles. The molecule has 8 heteroatoms. The van der Waals surface area contributed by atoms with Crippen molar-refractivity contribution in [3.63, 3.8) is 0 Å². The second-order valence-electron chi connectivity index (χ2n) is 5.85. The molecule has 0 fully saturated rings. The molecule has 0 bridgehead atoms. The molecule has 3 aromatic rings. The molecule has 0 saturated carbocycles. The number of hydrogen-bond donors (Lipinski definition) is 1. The highest BCUT2D eigenvalue weighted by Gasteiger charge is 2.13. The number of rotatable bonds is 6. The van der Waals surface area contributed by atoms with Gasteiger partial charge in [-0.3, -0.25) is 0 Å². The summed E-state index contributed by atoms with van der Waals surface area (Å²) in [6.45, 7) is 1.46. The third kappa shape index (κ3) is 4.10. The Kier molecular flexibility index (Phi) is 5.53. The molecule has 0 unspecified atom stereocenters. The fourth-order valence-corrected chi connectivity index (χ4v) is 2.89. The van der Waals surface area contributed by atoms with Crippen LogP contribution in [0, 0.1) is 0 Å². The van der Waals surface area contributed by atoms with E-state index in [9.17, 15) is 0 Å². The van der Waals surface area contributed by atoms with Gasteiger partial charge in [-0.1, -0.05) is 58.6 Å². The van der Waals surface area contributed by atoms with Crippen LogP contribution >= 0.6 is 23.2 Å². The Balaban J connectivity index is 1.83. The summed E-state index contributed by atoms with van der Waals surface area (Å²) in [4.78, 5) is 2.13. The Hall–Kier alpha value is -2.15. The number of nitrogens with one attached hydrogen (secondary N) is 1. The number of halogens is 2. The summed E-state index contributed by atoms with van der Waals surface area (Å²) in [5.74, 6) is 0.504. The van der Waals surface area contributed by atoms with Crippen molar-refractivity contribution in [1.82, 2.24) is 25.1 Å². The Morgan fingerprint density at radius 3 is 2.56 bits per heavy atom. The predicted octanol–water partition coefficient (Wildman–Crippen LogP) is 3.64. The molecule has 0 atom stereocenters. The largest absolute Gasteiger partial charge is 0.349 e. The Labute approximate surface area is 156 Å². The molecule has 0 radical (unpaired) electrons. The quantitative estimate of drug-likeness (QED) is 0.711. The standard InChI is InChI=1S/C17H18Cl2N6/c1-24(2)11-13-7-4-3-6-12(13)10-20-17-21-22-23-25(17)15-9-5-8-14(18)16(15)19/h3-9H,10-11H2,1-2H3,(H,20,21,23). The fourth-order valence-electron chi connectivity index (χ4n) is 2.51. The molecular weight excluding hydrogens is 359 g/mol.